The predicted octanol–water partition coefficient (Wildman–Crippen LogP) is 8.08. The number of unbranched alkanes of at least 4 members (excludes halogenated alkanes) is 4. The standard InChI is InChI=1S/C14H22.C2H6.4CH4/c1-3-4-5-6-7-8-14-11-9-13(2)10-12-14;1-2;;;;/h9-12H,3-8H2,1-2H3;1-2H3;4*1H4. The summed E-state index contributed by atoms with van der Waals surface area (Å²) in [5.74, 6) is 0. The van der Waals surface area contributed by atoms with Crippen molar-refractivity contribution in [2.24, 2.45) is 0 Å². The van der Waals surface area contributed by atoms with Gasteiger partial charge in [0.05, 0.1) is 0 Å². The van der Waals surface area contributed by atoms with Crippen LogP contribution in [0.1, 0.15) is 93.7 Å². The van der Waals surface area contributed by atoms with Gasteiger partial charge in [0.1, 0.15) is 0 Å². The summed E-state index contributed by atoms with van der Waals surface area (Å²) in [6.07, 6.45) is 8.13. The SMILES string of the molecule is C.C.C.C.CC.CCCCCCCc1ccc(C)cc1. The minimum Gasteiger partial charge on any atom is -0.0776 e. The Morgan fingerprint density at radius 3 is 1.60 bits per heavy atom. The van der Waals surface area contributed by atoms with Crippen molar-refractivity contribution in [2.45, 2.75) is 95.9 Å². The quantitative estimate of drug-likeness (QED) is 0.463. The molecule has 0 aliphatic heterocycles. The van der Waals surface area contributed by atoms with Crippen LogP contribution in [0.5, 0.6) is 0 Å². The molecule has 0 bridgehead atoms. The number of rotatable bonds is 6. The van der Waals surface area contributed by atoms with Crippen molar-refractivity contribution in [3.8, 4) is 0 Å². The summed E-state index contributed by atoms with van der Waals surface area (Å²) in [7, 11) is 0. The lowest BCUT2D eigenvalue weighted by Gasteiger charge is -2.01. The normalized spacial score (nSPS) is 7.60. The number of hydrogen-bond donors (Lipinski definition) is 0. The van der Waals surface area contributed by atoms with Gasteiger partial charge < -0.3 is 0 Å². The second kappa shape index (κ2) is 23.3. The lowest BCUT2D eigenvalue weighted by Crippen LogP contribution is -1.86. The van der Waals surface area contributed by atoms with Crippen LogP contribution in [0.25, 0.3) is 0 Å². The first-order valence-electron chi connectivity index (χ1n) is 6.88. The highest BCUT2D eigenvalue weighted by Crippen LogP contribution is 2.09. The monoisotopic (exact) mass is 284 g/mol. The molecule has 1 aromatic carbocycles. The van der Waals surface area contributed by atoms with E-state index < -0.39 is 0 Å². The second-order valence-corrected chi connectivity index (χ2v) is 4.15. The van der Waals surface area contributed by atoms with Crippen molar-refractivity contribution < 1.29 is 0 Å². The lowest BCUT2D eigenvalue weighted by atomic mass is 10.0. The van der Waals surface area contributed by atoms with Crippen molar-refractivity contribution in [3.63, 3.8) is 0 Å². The summed E-state index contributed by atoms with van der Waals surface area (Å²) in [5.41, 5.74) is 2.85. The molecule has 0 nitrogen and oxygen atoms in total. The van der Waals surface area contributed by atoms with Crippen LogP contribution in [0.15, 0.2) is 24.3 Å². The smallest absolute Gasteiger partial charge is 0.0279 e. The average Bonchev–Trinajstić information content (AvgIpc) is 2.34. The molecule has 1 rings (SSSR count). The van der Waals surface area contributed by atoms with Gasteiger partial charge in [0.2, 0.25) is 0 Å². The Bertz CT molecular complexity index is 233. The first-order valence-corrected chi connectivity index (χ1v) is 6.88. The second-order valence-electron chi connectivity index (χ2n) is 4.15. The van der Waals surface area contributed by atoms with E-state index in [1.165, 1.54) is 49.7 Å². The molecule has 0 fully saturated rings. The van der Waals surface area contributed by atoms with Gasteiger partial charge in [0.25, 0.3) is 0 Å². The molecule has 0 amide bonds. The highest BCUT2D eigenvalue weighted by Gasteiger charge is 1.93. The molecule has 0 heteroatoms. The van der Waals surface area contributed by atoms with Gasteiger partial charge in [0, 0.05) is 0 Å². The fourth-order valence-electron chi connectivity index (χ4n) is 1.69. The van der Waals surface area contributed by atoms with E-state index in [9.17, 15) is 0 Å². The highest BCUT2D eigenvalue weighted by molar-refractivity contribution is 5.21. The molecule has 124 valence electrons. The topological polar surface area (TPSA) is 0 Å². The molecule has 0 aromatic heterocycles. The zero-order valence-electron chi connectivity index (χ0n) is 11.6. The lowest BCUT2D eigenvalue weighted by molar-refractivity contribution is 0.632. The summed E-state index contributed by atoms with van der Waals surface area (Å²) in [5, 5.41) is 0. The van der Waals surface area contributed by atoms with Crippen LogP contribution in [0.3, 0.4) is 0 Å². The van der Waals surface area contributed by atoms with Crippen molar-refractivity contribution in [1.82, 2.24) is 0 Å². The molecule has 0 spiro atoms. The van der Waals surface area contributed by atoms with Gasteiger partial charge in [-0.3, -0.25) is 0 Å². The average molecular weight is 285 g/mol. The Morgan fingerprint density at radius 2 is 1.15 bits per heavy atom. The maximum Gasteiger partial charge on any atom is -0.0279 e. The van der Waals surface area contributed by atoms with Crippen molar-refractivity contribution >= 4 is 0 Å². The molecule has 0 atom stereocenters. The van der Waals surface area contributed by atoms with Gasteiger partial charge in [-0.1, -0.05) is 106 Å². The van der Waals surface area contributed by atoms with Gasteiger partial charge in [-0.25, -0.2) is 0 Å². The maximum absolute atomic E-state index is 2.26. The molecular weight excluding hydrogens is 240 g/mol. The summed E-state index contributed by atoms with van der Waals surface area (Å²) in [4.78, 5) is 0. The molecular formula is C20H44. The largest absolute Gasteiger partial charge is 0.0776 e. The van der Waals surface area contributed by atoms with Crippen LogP contribution in [0.4, 0.5) is 0 Å². The van der Waals surface area contributed by atoms with Gasteiger partial charge in [-0.05, 0) is 25.3 Å². The van der Waals surface area contributed by atoms with E-state index >= 15 is 0 Å². The third kappa shape index (κ3) is 17.2. The van der Waals surface area contributed by atoms with E-state index in [1.807, 2.05) is 13.8 Å². The number of aryl methyl sites for hydroxylation is 2. The molecule has 0 aliphatic rings. The minimum absolute atomic E-state index is 0. The zero-order chi connectivity index (χ0) is 12.2. The summed E-state index contributed by atoms with van der Waals surface area (Å²) in [6.45, 7) is 8.41. The third-order valence-corrected chi connectivity index (χ3v) is 2.69. The van der Waals surface area contributed by atoms with Crippen molar-refractivity contribution in [3.05, 3.63) is 35.4 Å². The Hall–Kier alpha value is -0.780. The summed E-state index contributed by atoms with van der Waals surface area (Å²) in [6, 6.07) is 8.94. The molecule has 0 saturated carbocycles. The predicted molar refractivity (Wildman–Crippen MR) is 102 cm³/mol. The van der Waals surface area contributed by atoms with Gasteiger partial charge in [-0.2, -0.15) is 0 Å². The Labute approximate surface area is 132 Å². The van der Waals surface area contributed by atoms with E-state index in [1.54, 1.807) is 0 Å². The molecule has 0 unspecified atom stereocenters. The molecule has 0 saturated heterocycles. The molecule has 0 heterocycles. The Morgan fingerprint density at radius 1 is 0.700 bits per heavy atom. The van der Waals surface area contributed by atoms with Crippen LogP contribution in [-0.4, -0.2) is 0 Å². The van der Waals surface area contributed by atoms with Crippen LogP contribution in [0.2, 0.25) is 0 Å². The maximum atomic E-state index is 2.26. The van der Waals surface area contributed by atoms with E-state index in [0.717, 1.165) is 0 Å². The van der Waals surface area contributed by atoms with E-state index in [-0.39, 0.29) is 29.7 Å². The van der Waals surface area contributed by atoms with E-state index in [0.29, 0.717) is 0 Å². The first kappa shape index (κ1) is 31.6. The van der Waals surface area contributed by atoms with E-state index in [2.05, 4.69) is 38.1 Å². The van der Waals surface area contributed by atoms with Gasteiger partial charge in [0.15, 0.2) is 0 Å². The zero-order valence-corrected chi connectivity index (χ0v) is 11.6. The first-order chi connectivity index (χ1) is 7.83. The van der Waals surface area contributed by atoms with Crippen molar-refractivity contribution in [1.29, 1.82) is 0 Å². The van der Waals surface area contributed by atoms with Gasteiger partial charge >= 0.3 is 0 Å². The molecule has 0 aliphatic carbocycles. The molecule has 1 aromatic rings. The van der Waals surface area contributed by atoms with Gasteiger partial charge in [-0.15, -0.1) is 0 Å². The molecule has 0 N–H and O–H groups in total. The Balaban J connectivity index is -0.000000119. The molecule has 20 heavy (non-hydrogen) atoms. The van der Waals surface area contributed by atoms with Crippen LogP contribution in [0, 0.1) is 6.92 Å². The minimum atomic E-state index is 0. The highest BCUT2D eigenvalue weighted by atomic mass is 14.0. The third-order valence-electron chi connectivity index (χ3n) is 2.69. The Kier molecular flexibility index (Phi) is 36.8. The number of hydrogen-bond acceptors (Lipinski definition) is 0. The number of benzene rings is 1. The van der Waals surface area contributed by atoms with E-state index in [4.69, 9.17) is 0 Å². The van der Waals surface area contributed by atoms with Crippen LogP contribution >= 0.6 is 0 Å². The summed E-state index contributed by atoms with van der Waals surface area (Å²) < 4.78 is 0. The fourth-order valence-corrected chi connectivity index (χ4v) is 1.69. The van der Waals surface area contributed by atoms with Crippen molar-refractivity contribution in [2.75, 3.05) is 0 Å². The fraction of sp³-hybridized carbons (Fsp3) is 0.700. The summed E-state index contributed by atoms with van der Waals surface area (Å²) >= 11 is 0. The van der Waals surface area contributed by atoms with Crippen LogP contribution < -0.4 is 0 Å². The molecule has 0 radical (unpaired) electrons. The van der Waals surface area contributed by atoms with Crippen LogP contribution in [-0.2, 0) is 6.42 Å².